The van der Waals surface area contributed by atoms with Gasteiger partial charge in [-0.1, -0.05) is 19.9 Å². The molecule has 1 saturated heterocycles. The van der Waals surface area contributed by atoms with Gasteiger partial charge in [0.1, 0.15) is 5.75 Å². The molecule has 2 heterocycles. The second-order valence-corrected chi connectivity index (χ2v) is 10.4. The summed E-state index contributed by atoms with van der Waals surface area (Å²) < 4.78 is 5.83. The molecule has 2 aliphatic heterocycles. The molecule has 1 amide bonds. The molecule has 210 valence electrons. The van der Waals surface area contributed by atoms with Crippen molar-refractivity contribution in [3.05, 3.63) is 47.2 Å². The number of carbonyl (C=O) groups is 1. The predicted octanol–water partition coefficient (Wildman–Crippen LogP) is 4.02. The molecule has 0 aliphatic carbocycles. The predicted molar refractivity (Wildman–Crippen MR) is 156 cm³/mol. The molecule has 1 aromatic rings. The summed E-state index contributed by atoms with van der Waals surface area (Å²) in [5, 5.41) is 13.1. The van der Waals surface area contributed by atoms with Crippen molar-refractivity contribution in [2.45, 2.75) is 52.9 Å². The molecule has 1 aromatic carbocycles. The van der Waals surface area contributed by atoms with E-state index in [1.165, 1.54) is 49.6 Å². The van der Waals surface area contributed by atoms with Crippen LogP contribution in [0.25, 0.3) is 0 Å². The molecular formula is C30H47N5O3. The lowest BCUT2D eigenvalue weighted by Gasteiger charge is -2.34. The number of benzene rings is 1. The van der Waals surface area contributed by atoms with Crippen molar-refractivity contribution in [2.24, 2.45) is 4.99 Å². The minimum Gasteiger partial charge on any atom is -0.508 e. The molecule has 2 aliphatic rings. The van der Waals surface area contributed by atoms with Crippen LogP contribution in [0.15, 0.2) is 41.1 Å². The Morgan fingerprint density at radius 1 is 1.24 bits per heavy atom. The smallest absolute Gasteiger partial charge is 0.243 e. The summed E-state index contributed by atoms with van der Waals surface area (Å²) in [7, 11) is 0. The van der Waals surface area contributed by atoms with Crippen LogP contribution in [0.3, 0.4) is 0 Å². The molecule has 38 heavy (non-hydrogen) atoms. The molecule has 0 radical (unpaired) electrons. The van der Waals surface area contributed by atoms with Crippen LogP contribution in [0.2, 0.25) is 0 Å². The molecule has 2 N–H and O–H groups in total. The third kappa shape index (κ3) is 9.17. The van der Waals surface area contributed by atoms with Crippen molar-refractivity contribution in [1.29, 1.82) is 0 Å². The van der Waals surface area contributed by atoms with Gasteiger partial charge in [0.25, 0.3) is 0 Å². The normalized spacial score (nSPS) is 16.9. The van der Waals surface area contributed by atoms with Gasteiger partial charge in [0.15, 0.2) is 6.40 Å². The number of piperidine rings is 1. The highest BCUT2D eigenvalue weighted by Gasteiger charge is 2.22. The molecule has 0 bridgehead atoms. The Morgan fingerprint density at radius 2 is 2.03 bits per heavy atom. The molecular weight excluding hydrogens is 478 g/mol. The monoisotopic (exact) mass is 525 g/mol. The van der Waals surface area contributed by atoms with Crippen LogP contribution in [0.5, 0.6) is 5.75 Å². The van der Waals surface area contributed by atoms with Crippen molar-refractivity contribution in [3.8, 4) is 5.75 Å². The van der Waals surface area contributed by atoms with E-state index in [1.807, 2.05) is 19.1 Å². The number of nitrogens with one attached hydrogen (secondary N) is 1. The van der Waals surface area contributed by atoms with Crippen LogP contribution in [-0.4, -0.2) is 92.7 Å². The van der Waals surface area contributed by atoms with E-state index < -0.39 is 0 Å². The molecule has 0 unspecified atom stereocenters. The number of likely N-dealkylation sites (tertiary alicyclic amines) is 1. The van der Waals surface area contributed by atoms with Gasteiger partial charge >= 0.3 is 0 Å². The minimum atomic E-state index is -0.145. The fraction of sp³-hybridized carbons (Fsp3) is 0.600. The molecule has 0 spiro atoms. The van der Waals surface area contributed by atoms with Crippen molar-refractivity contribution in [2.75, 3.05) is 70.4 Å². The maximum atomic E-state index is 11.5. The van der Waals surface area contributed by atoms with E-state index in [1.54, 1.807) is 6.40 Å². The summed E-state index contributed by atoms with van der Waals surface area (Å²) >= 11 is 0. The minimum absolute atomic E-state index is 0.145. The van der Waals surface area contributed by atoms with Crippen molar-refractivity contribution in [3.63, 3.8) is 0 Å². The number of aromatic hydroxyl groups is 1. The van der Waals surface area contributed by atoms with Gasteiger partial charge in [-0.25, -0.2) is 4.99 Å². The molecule has 0 aromatic heterocycles. The van der Waals surface area contributed by atoms with Gasteiger partial charge in [0.05, 0.1) is 18.8 Å². The van der Waals surface area contributed by atoms with Crippen LogP contribution in [0.1, 0.15) is 50.2 Å². The Labute approximate surface area is 229 Å². The summed E-state index contributed by atoms with van der Waals surface area (Å²) in [4.78, 5) is 23.5. The second-order valence-electron chi connectivity index (χ2n) is 10.4. The highest BCUT2D eigenvalue weighted by atomic mass is 16.5. The molecule has 1 fully saturated rings. The number of ether oxygens (including phenoxy) is 1. The Balaban J connectivity index is 1.66. The number of hydrogen-bond acceptors (Lipinski definition) is 7. The number of carbonyl (C=O) groups excluding carboxylic acids is 1. The SMILES string of the molecule is C=CC(=O)NCCN(CC)CC1=C(N=COCCCN2CCCCC2)CN(c2cc(O)cc(C)c2C)CC1. The first-order valence-electron chi connectivity index (χ1n) is 14.2. The van der Waals surface area contributed by atoms with E-state index in [-0.39, 0.29) is 5.91 Å². The first-order chi connectivity index (χ1) is 18.4. The fourth-order valence-electron chi connectivity index (χ4n) is 5.18. The maximum Gasteiger partial charge on any atom is 0.243 e. The van der Waals surface area contributed by atoms with Gasteiger partial charge in [-0.05, 0) is 88.0 Å². The number of amides is 1. The van der Waals surface area contributed by atoms with E-state index in [4.69, 9.17) is 9.73 Å². The topological polar surface area (TPSA) is 80.6 Å². The number of phenols is 1. The third-order valence-corrected chi connectivity index (χ3v) is 7.64. The average Bonchev–Trinajstić information content (AvgIpc) is 2.93. The Morgan fingerprint density at radius 3 is 2.76 bits per heavy atom. The second kappa shape index (κ2) is 15.5. The maximum absolute atomic E-state index is 11.5. The number of aliphatic imine (C=N–C) groups is 1. The Bertz CT molecular complexity index is 984. The van der Waals surface area contributed by atoms with E-state index in [0.717, 1.165) is 62.5 Å². The standard InChI is InChI=1S/C30H47N5O3/c1-5-30(37)31-12-17-33(6-2)21-26-11-16-35(29-20-27(36)19-24(3)25(29)4)22-28(26)32-23-38-18-10-15-34-13-8-7-9-14-34/h5,19-20,23,36H,1,6-18,21-22H2,2-4H3,(H,31,37). The number of nitrogens with zero attached hydrogens (tertiary/aromatic N) is 4. The van der Waals surface area contributed by atoms with Gasteiger partial charge < -0.3 is 25.0 Å². The van der Waals surface area contributed by atoms with E-state index in [2.05, 4.69) is 40.4 Å². The van der Waals surface area contributed by atoms with Crippen LogP contribution in [-0.2, 0) is 9.53 Å². The number of likely N-dealkylation sites (N-methyl/N-ethyl adjacent to an activating group) is 1. The average molecular weight is 526 g/mol. The Hall–Kier alpha value is -2.84. The van der Waals surface area contributed by atoms with Crippen molar-refractivity contribution < 1.29 is 14.6 Å². The fourth-order valence-corrected chi connectivity index (χ4v) is 5.18. The zero-order chi connectivity index (χ0) is 27.3. The summed E-state index contributed by atoms with van der Waals surface area (Å²) in [6.45, 7) is 18.5. The highest BCUT2D eigenvalue weighted by molar-refractivity contribution is 5.86. The summed E-state index contributed by atoms with van der Waals surface area (Å²) in [5.41, 5.74) is 5.62. The largest absolute Gasteiger partial charge is 0.508 e. The van der Waals surface area contributed by atoms with E-state index >= 15 is 0 Å². The third-order valence-electron chi connectivity index (χ3n) is 7.64. The zero-order valence-corrected chi connectivity index (χ0v) is 23.7. The Kier molecular flexibility index (Phi) is 12.2. The molecule has 3 rings (SSSR count). The van der Waals surface area contributed by atoms with Crippen LogP contribution >= 0.6 is 0 Å². The van der Waals surface area contributed by atoms with E-state index in [0.29, 0.717) is 25.4 Å². The van der Waals surface area contributed by atoms with Crippen LogP contribution in [0, 0.1) is 13.8 Å². The van der Waals surface area contributed by atoms with Gasteiger partial charge in [0.2, 0.25) is 5.91 Å². The van der Waals surface area contributed by atoms with Gasteiger partial charge in [0, 0.05) is 44.5 Å². The molecule has 8 nitrogen and oxygen atoms in total. The first-order valence-corrected chi connectivity index (χ1v) is 14.2. The first kappa shape index (κ1) is 29.7. The van der Waals surface area contributed by atoms with Crippen molar-refractivity contribution in [1.82, 2.24) is 15.1 Å². The van der Waals surface area contributed by atoms with Gasteiger partial charge in [-0.2, -0.15) is 0 Å². The number of rotatable bonds is 14. The van der Waals surface area contributed by atoms with Crippen molar-refractivity contribution >= 4 is 18.0 Å². The highest BCUT2D eigenvalue weighted by Crippen LogP contribution is 2.32. The number of anilines is 1. The quantitative estimate of drug-likeness (QED) is 0.165. The zero-order valence-electron chi connectivity index (χ0n) is 23.7. The van der Waals surface area contributed by atoms with Gasteiger partial charge in [-0.3, -0.25) is 9.69 Å². The summed E-state index contributed by atoms with van der Waals surface area (Å²) in [6, 6.07) is 3.66. The number of aryl methyl sites for hydroxylation is 1. The number of phenolic OH excluding ortho intramolecular Hbond substituents is 1. The number of hydrogen-bond donors (Lipinski definition) is 2. The van der Waals surface area contributed by atoms with Gasteiger partial charge in [-0.15, -0.1) is 0 Å². The summed E-state index contributed by atoms with van der Waals surface area (Å²) in [5.74, 6) is 0.145. The van der Waals surface area contributed by atoms with Crippen LogP contribution < -0.4 is 10.2 Å². The van der Waals surface area contributed by atoms with Crippen LogP contribution in [0.4, 0.5) is 5.69 Å². The summed E-state index contributed by atoms with van der Waals surface area (Å²) in [6.07, 6.45) is 8.79. The lowest BCUT2D eigenvalue weighted by atomic mass is 10.0. The lowest BCUT2D eigenvalue weighted by Crippen LogP contribution is -2.38. The lowest BCUT2D eigenvalue weighted by molar-refractivity contribution is -0.116. The molecule has 0 saturated carbocycles. The molecule has 0 atom stereocenters. The molecule has 8 heteroatoms. The van der Waals surface area contributed by atoms with E-state index in [9.17, 15) is 9.90 Å².